The highest BCUT2D eigenvalue weighted by Gasteiger charge is 2.06. The van der Waals surface area contributed by atoms with Gasteiger partial charge in [-0.1, -0.05) is 13.8 Å². The summed E-state index contributed by atoms with van der Waals surface area (Å²) >= 11 is 1.93. The SMILES string of the molecule is CCNCC(C)SCc1occc1C. The van der Waals surface area contributed by atoms with Crippen molar-refractivity contribution in [1.82, 2.24) is 5.32 Å². The van der Waals surface area contributed by atoms with Crippen LogP contribution >= 0.6 is 11.8 Å². The molecule has 1 atom stereocenters. The zero-order valence-electron chi connectivity index (χ0n) is 9.17. The second-order valence-electron chi connectivity index (χ2n) is 3.46. The molecule has 0 aliphatic carbocycles. The van der Waals surface area contributed by atoms with Crippen LogP contribution in [0.15, 0.2) is 16.7 Å². The van der Waals surface area contributed by atoms with Crippen LogP contribution in [0, 0.1) is 6.92 Å². The van der Waals surface area contributed by atoms with E-state index in [4.69, 9.17) is 4.42 Å². The van der Waals surface area contributed by atoms with Gasteiger partial charge in [0.15, 0.2) is 0 Å². The lowest BCUT2D eigenvalue weighted by molar-refractivity contribution is 0.527. The predicted octanol–water partition coefficient (Wildman–Crippen LogP) is 2.82. The fourth-order valence-corrected chi connectivity index (χ4v) is 2.14. The van der Waals surface area contributed by atoms with Gasteiger partial charge in [-0.25, -0.2) is 0 Å². The van der Waals surface area contributed by atoms with E-state index in [9.17, 15) is 0 Å². The van der Waals surface area contributed by atoms with Crippen molar-refractivity contribution >= 4 is 11.8 Å². The number of furan rings is 1. The average molecular weight is 213 g/mol. The number of hydrogen-bond acceptors (Lipinski definition) is 3. The summed E-state index contributed by atoms with van der Waals surface area (Å²) in [5, 5.41) is 3.98. The minimum Gasteiger partial charge on any atom is -0.468 e. The Bertz CT molecular complexity index is 260. The number of rotatable bonds is 6. The summed E-state index contributed by atoms with van der Waals surface area (Å²) < 4.78 is 5.38. The molecule has 1 N–H and O–H groups in total. The fourth-order valence-electron chi connectivity index (χ4n) is 1.18. The van der Waals surface area contributed by atoms with Gasteiger partial charge < -0.3 is 9.73 Å². The van der Waals surface area contributed by atoms with Crippen LogP contribution in [-0.2, 0) is 5.75 Å². The Balaban J connectivity index is 2.23. The molecule has 80 valence electrons. The Hall–Kier alpha value is -0.410. The molecule has 0 aliphatic heterocycles. The molecule has 2 nitrogen and oxygen atoms in total. The van der Waals surface area contributed by atoms with E-state index >= 15 is 0 Å². The molecule has 1 unspecified atom stereocenters. The molecule has 0 radical (unpaired) electrons. The van der Waals surface area contributed by atoms with Gasteiger partial charge in [0.1, 0.15) is 5.76 Å². The molecule has 0 saturated heterocycles. The second kappa shape index (κ2) is 6.14. The number of hydrogen-bond donors (Lipinski definition) is 1. The normalized spacial score (nSPS) is 13.1. The Labute approximate surface area is 90.5 Å². The molecule has 1 aromatic heterocycles. The van der Waals surface area contributed by atoms with Gasteiger partial charge in [0.25, 0.3) is 0 Å². The summed E-state index contributed by atoms with van der Waals surface area (Å²) in [7, 11) is 0. The Morgan fingerprint density at radius 1 is 1.57 bits per heavy atom. The van der Waals surface area contributed by atoms with Gasteiger partial charge in [-0.2, -0.15) is 0 Å². The molecule has 0 aromatic carbocycles. The summed E-state index contributed by atoms with van der Waals surface area (Å²) in [4.78, 5) is 0. The highest BCUT2D eigenvalue weighted by Crippen LogP contribution is 2.20. The molecule has 1 heterocycles. The van der Waals surface area contributed by atoms with E-state index in [0.29, 0.717) is 5.25 Å². The van der Waals surface area contributed by atoms with Gasteiger partial charge in [0, 0.05) is 11.8 Å². The van der Waals surface area contributed by atoms with E-state index in [1.165, 1.54) is 5.56 Å². The van der Waals surface area contributed by atoms with Gasteiger partial charge >= 0.3 is 0 Å². The Morgan fingerprint density at radius 2 is 2.36 bits per heavy atom. The molecule has 0 aliphatic rings. The molecule has 0 amide bonds. The molecule has 0 saturated carbocycles. The average Bonchev–Trinajstić information content (AvgIpc) is 2.58. The number of thioether (sulfide) groups is 1. The van der Waals surface area contributed by atoms with Crippen LogP contribution < -0.4 is 5.32 Å². The molecule has 0 bridgehead atoms. The van der Waals surface area contributed by atoms with Crippen LogP contribution in [0.25, 0.3) is 0 Å². The topological polar surface area (TPSA) is 25.2 Å². The molecular weight excluding hydrogens is 194 g/mol. The third-order valence-electron chi connectivity index (χ3n) is 2.15. The third-order valence-corrected chi connectivity index (χ3v) is 3.31. The summed E-state index contributed by atoms with van der Waals surface area (Å²) in [5.41, 5.74) is 1.26. The van der Waals surface area contributed by atoms with Crippen LogP contribution in [0.1, 0.15) is 25.2 Å². The Kier molecular flexibility index (Phi) is 5.12. The summed E-state index contributed by atoms with van der Waals surface area (Å²) in [6.45, 7) is 8.58. The maximum atomic E-state index is 5.38. The highest BCUT2D eigenvalue weighted by molar-refractivity contribution is 7.99. The zero-order chi connectivity index (χ0) is 10.4. The Morgan fingerprint density at radius 3 is 2.93 bits per heavy atom. The van der Waals surface area contributed by atoms with Crippen molar-refractivity contribution < 1.29 is 4.42 Å². The second-order valence-corrected chi connectivity index (χ2v) is 4.88. The lowest BCUT2D eigenvalue weighted by Gasteiger charge is -2.10. The van der Waals surface area contributed by atoms with E-state index in [0.717, 1.165) is 24.6 Å². The van der Waals surface area contributed by atoms with Gasteiger partial charge in [0.2, 0.25) is 0 Å². The van der Waals surface area contributed by atoms with E-state index in [2.05, 4.69) is 26.1 Å². The number of nitrogens with one attached hydrogen (secondary N) is 1. The molecule has 0 fully saturated rings. The van der Waals surface area contributed by atoms with E-state index in [1.807, 2.05) is 17.8 Å². The van der Waals surface area contributed by atoms with Crippen LogP contribution in [0.2, 0.25) is 0 Å². The highest BCUT2D eigenvalue weighted by atomic mass is 32.2. The first kappa shape index (κ1) is 11.7. The molecule has 3 heteroatoms. The quantitative estimate of drug-likeness (QED) is 0.786. The van der Waals surface area contributed by atoms with E-state index in [-0.39, 0.29) is 0 Å². The fraction of sp³-hybridized carbons (Fsp3) is 0.636. The van der Waals surface area contributed by atoms with Crippen molar-refractivity contribution in [3.63, 3.8) is 0 Å². The zero-order valence-corrected chi connectivity index (χ0v) is 9.99. The largest absolute Gasteiger partial charge is 0.468 e. The monoisotopic (exact) mass is 213 g/mol. The minimum atomic E-state index is 0.638. The van der Waals surface area contributed by atoms with Crippen molar-refractivity contribution in [3.8, 4) is 0 Å². The van der Waals surface area contributed by atoms with Crippen molar-refractivity contribution in [2.45, 2.75) is 31.8 Å². The summed E-state index contributed by atoms with van der Waals surface area (Å²) in [5.74, 6) is 2.09. The van der Waals surface area contributed by atoms with Gasteiger partial charge in [0.05, 0.1) is 12.0 Å². The van der Waals surface area contributed by atoms with Gasteiger partial charge in [-0.05, 0) is 25.1 Å². The van der Waals surface area contributed by atoms with Crippen molar-refractivity contribution in [2.24, 2.45) is 0 Å². The maximum absolute atomic E-state index is 5.38. The lowest BCUT2D eigenvalue weighted by atomic mass is 10.3. The van der Waals surface area contributed by atoms with E-state index in [1.54, 1.807) is 6.26 Å². The third kappa shape index (κ3) is 3.76. The van der Waals surface area contributed by atoms with Gasteiger partial charge in [-0.15, -0.1) is 11.8 Å². The van der Waals surface area contributed by atoms with Crippen molar-refractivity contribution in [1.29, 1.82) is 0 Å². The molecule has 0 spiro atoms. The molecular formula is C11H19NOS. The lowest BCUT2D eigenvalue weighted by Crippen LogP contribution is -2.22. The van der Waals surface area contributed by atoms with Crippen molar-refractivity contribution in [3.05, 3.63) is 23.7 Å². The predicted molar refractivity (Wildman–Crippen MR) is 62.7 cm³/mol. The van der Waals surface area contributed by atoms with Crippen LogP contribution in [0.3, 0.4) is 0 Å². The maximum Gasteiger partial charge on any atom is 0.116 e. The molecule has 1 aromatic rings. The molecule has 14 heavy (non-hydrogen) atoms. The first-order chi connectivity index (χ1) is 6.74. The number of aryl methyl sites for hydroxylation is 1. The summed E-state index contributed by atoms with van der Waals surface area (Å²) in [6, 6.07) is 2.02. The molecule has 1 rings (SSSR count). The van der Waals surface area contributed by atoms with Crippen LogP contribution in [0.4, 0.5) is 0 Å². The van der Waals surface area contributed by atoms with Crippen LogP contribution in [0.5, 0.6) is 0 Å². The first-order valence-electron chi connectivity index (χ1n) is 5.09. The first-order valence-corrected chi connectivity index (χ1v) is 6.14. The van der Waals surface area contributed by atoms with Crippen molar-refractivity contribution in [2.75, 3.05) is 13.1 Å². The smallest absolute Gasteiger partial charge is 0.116 e. The minimum absolute atomic E-state index is 0.638. The van der Waals surface area contributed by atoms with Gasteiger partial charge in [-0.3, -0.25) is 0 Å². The summed E-state index contributed by atoms with van der Waals surface area (Å²) in [6.07, 6.45) is 1.76. The van der Waals surface area contributed by atoms with Crippen LogP contribution in [-0.4, -0.2) is 18.3 Å². The van der Waals surface area contributed by atoms with E-state index < -0.39 is 0 Å². The standard InChI is InChI=1S/C11H19NOS/c1-4-12-7-10(3)14-8-11-9(2)5-6-13-11/h5-6,10,12H,4,7-8H2,1-3H3.